The minimum absolute atomic E-state index is 0.309. The van der Waals surface area contributed by atoms with Crippen molar-refractivity contribution in [2.75, 3.05) is 21.3 Å². The van der Waals surface area contributed by atoms with Crippen LogP contribution in [0, 0.1) is 5.92 Å². The van der Waals surface area contributed by atoms with E-state index in [4.69, 9.17) is 19.9 Å². The molecule has 2 unspecified atom stereocenters. The highest BCUT2D eigenvalue weighted by molar-refractivity contribution is 4.98. The lowest BCUT2D eigenvalue weighted by molar-refractivity contribution is -0.391. The lowest BCUT2D eigenvalue weighted by Crippen LogP contribution is -2.67. The Balaban J connectivity index is 4.89. The molecule has 0 aliphatic carbocycles. The fraction of sp³-hybridized carbons (Fsp3) is 1.00. The molecular weight excluding hydrogens is 266 g/mol. The first-order valence-electron chi connectivity index (χ1n) is 8.46. The number of unbranched alkanes of at least 4 members (excludes halogenated alkanes) is 4. The van der Waals surface area contributed by atoms with Gasteiger partial charge >= 0.3 is 5.97 Å². The highest BCUT2D eigenvalue weighted by Crippen LogP contribution is 2.39. The topological polar surface area (TPSA) is 53.7 Å². The van der Waals surface area contributed by atoms with E-state index in [9.17, 15) is 0 Å². The molecule has 21 heavy (non-hydrogen) atoms. The third-order valence-corrected chi connectivity index (χ3v) is 4.84. The third kappa shape index (κ3) is 4.92. The Hall–Kier alpha value is -0.160. The molecule has 0 bridgehead atoms. The van der Waals surface area contributed by atoms with E-state index in [1.165, 1.54) is 32.1 Å². The van der Waals surface area contributed by atoms with Crippen LogP contribution in [0.2, 0.25) is 0 Å². The summed E-state index contributed by atoms with van der Waals surface area (Å²) in [6.45, 7) is 6.49. The van der Waals surface area contributed by atoms with E-state index >= 15 is 0 Å². The smallest absolute Gasteiger partial charge is 0.301 e. The Morgan fingerprint density at radius 3 is 1.76 bits per heavy atom. The quantitative estimate of drug-likeness (QED) is 0.411. The fourth-order valence-electron chi connectivity index (χ4n) is 3.40. The van der Waals surface area contributed by atoms with Crippen LogP contribution < -0.4 is 5.73 Å². The lowest BCUT2D eigenvalue weighted by atomic mass is 9.75. The number of nitrogens with two attached hydrogens (primary N) is 1. The van der Waals surface area contributed by atoms with Gasteiger partial charge < -0.3 is 19.9 Å². The molecule has 4 nitrogen and oxygen atoms in total. The Morgan fingerprint density at radius 1 is 0.857 bits per heavy atom. The van der Waals surface area contributed by atoms with Crippen molar-refractivity contribution >= 4 is 0 Å². The summed E-state index contributed by atoms with van der Waals surface area (Å²) in [7, 11) is 4.79. The second-order valence-corrected chi connectivity index (χ2v) is 5.87. The molecule has 0 saturated carbocycles. The zero-order valence-electron chi connectivity index (χ0n) is 15.0. The van der Waals surface area contributed by atoms with E-state index in [2.05, 4.69) is 20.8 Å². The summed E-state index contributed by atoms with van der Waals surface area (Å²) in [4.78, 5) is 0. The number of methoxy groups -OCH3 is 3. The first-order chi connectivity index (χ1) is 10.0. The maximum absolute atomic E-state index is 6.73. The highest BCUT2D eigenvalue weighted by Gasteiger charge is 2.54. The van der Waals surface area contributed by atoms with E-state index < -0.39 is 11.5 Å². The van der Waals surface area contributed by atoms with E-state index in [1.807, 2.05) is 0 Å². The van der Waals surface area contributed by atoms with Gasteiger partial charge in [0.25, 0.3) is 0 Å². The largest absolute Gasteiger partial charge is 0.329 e. The molecule has 0 aliphatic rings. The van der Waals surface area contributed by atoms with E-state index in [0.717, 1.165) is 19.3 Å². The molecule has 0 radical (unpaired) electrons. The molecule has 2 N–H and O–H groups in total. The van der Waals surface area contributed by atoms with Crippen molar-refractivity contribution in [2.24, 2.45) is 11.7 Å². The maximum Gasteiger partial charge on any atom is 0.301 e. The maximum atomic E-state index is 6.73. The Kier molecular flexibility index (Phi) is 10.5. The van der Waals surface area contributed by atoms with Crippen LogP contribution in [0.3, 0.4) is 0 Å². The fourth-order valence-corrected chi connectivity index (χ4v) is 3.40. The van der Waals surface area contributed by atoms with Gasteiger partial charge in [-0.15, -0.1) is 0 Å². The number of hydrogen-bond donors (Lipinski definition) is 1. The number of ether oxygens (including phenoxy) is 3. The highest BCUT2D eigenvalue weighted by atomic mass is 16.9. The molecule has 2 atom stereocenters. The van der Waals surface area contributed by atoms with Crippen LogP contribution in [0.4, 0.5) is 0 Å². The molecule has 0 saturated heterocycles. The summed E-state index contributed by atoms with van der Waals surface area (Å²) >= 11 is 0. The van der Waals surface area contributed by atoms with E-state index in [-0.39, 0.29) is 0 Å². The average molecular weight is 303 g/mol. The second kappa shape index (κ2) is 10.5. The summed E-state index contributed by atoms with van der Waals surface area (Å²) in [5.41, 5.74) is 6.08. The molecule has 0 aliphatic heterocycles. The van der Waals surface area contributed by atoms with Gasteiger partial charge in [0.2, 0.25) is 0 Å². The van der Waals surface area contributed by atoms with Crippen molar-refractivity contribution < 1.29 is 14.2 Å². The minimum atomic E-state index is -1.17. The van der Waals surface area contributed by atoms with Gasteiger partial charge in [-0.05, 0) is 18.8 Å². The van der Waals surface area contributed by atoms with Gasteiger partial charge in [0.15, 0.2) is 0 Å². The summed E-state index contributed by atoms with van der Waals surface area (Å²) in [6.07, 6.45) is 9.19. The molecule has 0 aromatic heterocycles. The lowest BCUT2D eigenvalue weighted by Gasteiger charge is -2.48. The predicted octanol–water partition coefficient (Wildman–Crippen LogP) is 4.07. The SMILES string of the molecule is CCCCCCCC(CC)C(N)(CC)C(OC)(OC)OC. The zero-order valence-corrected chi connectivity index (χ0v) is 15.0. The Morgan fingerprint density at radius 2 is 1.38 bits per heavy atom. The van der Waals surface area contributed by atoms with Gasteiger partial charge in [-0.1, -0.05) is 59.3 Å². The van der Waals surface area contributed by atoms with Crippen LogP contribution >= 0.6 is 0 Å². The number of hydrogen-bond acceptors (Lipinski definition) is 4. The van der Waals surface area contributed by atoms with Crippen molar-refractivity contribution in [1.29, 1.82) is 0 Å². The standard InChI is InChI=1S/C17H37NO3/c1-7-10-11-12-13-14-15(8-2)16(18,9-3)17(19-4,20-5)21-6/h15H,7-14,18H2,1-6H3. The van der Waals surface area contributed by atoms with Gasteiger partial charge in [0, 0.05) is 21.3 Å². The van der Waals surface area contributed by atoms with Crippen molar-refractivity contribution in [1.82, 2.24) is 0 Å². The Bertz CT molecular complexity index is 248. The van der Waals surface area contributed by atoms with Crippen molar-refractivity contribution in [3.05, 3.63) is 0 Å². The summed E-state index contributed by atoms with van der Waals surface area (Å²) in [5.74, 6) is -0.866. The molecule has 4 heteroatoms. The van der Waals surface area contributed by atoms with Crippen LogP contribution in [0.25, 0.3) is 0 Å². The van der Waals surface area contributed by atoms with Crippen LogP contribution in [0.15, 0.2) is 0 Å². The van der Waals surface area contributed by atoms with Gasteiger partial charge in [-0.3, -0.25) is 0 Å². The van der Waals surface area contributed by atoms with Crippen molar-refractivity contribution in [3.63, 3.8) is 0 Å². The van der Waals surface area contributed by atoms with Crippen LogP contribution in [-0.4, -0.2) is 32.8 Å². The molecular formula is C17H37NO3. The summed E-state index contributed by atoms with van der Waals surface area (Å²) in [6, 6.07) is 0. The first kappa shape index (κ1) is 20.8. The summed E-state index contributed by atoms with van der Waals surface area (Å²) in [5, 5.41) is 0. The monoisotopic (exact) mass is 303 g/mol. The molecule has 0 amide bonds. The zero-order chi connectivity index (χ0) is 16.4. The van der Waals surface area contributed by atoms with Gasteiger partial charge in [-0.25, -0.2) is 0 Å². The van der Waals surface area contributed by atoms with Crippen LogP contribution in [0.1, 0.15) is 72.1 Å². The molecule has 0 rings (SSSR count). The average Bonchev–Trinajstić information content (AvgIpc) is 2.52. The number of rotatable bonds is 13. The van der Waals surface area contributed by atoms with Crippen molar-refractivity contribution in [2.45, 2.75) is 83.6 Å². The van der Waals surface area contributed by atoms with Crippen LogP contribution in [0.5, 0.6) is 0 Å². The molecule has 0 aromatic rings. The van der Waals surface area contributed by atoms with Crippen LogP contribution in [-0.2, 0) is 14.2 Å². The predicted molar refractivity (Wildman–Crippen MR) is 88.1 cm³/mol. The second-order valence-electron chi connectivity index (χ2n) is 5.87. The molecule has 0 fully saturated rings. The normalized spacial score (nSPS) is 16.7. The molecule has 0 heterocycles. The third-order valence-electron chi connectivity index (χ3n) is 4.84. The Labute approximate surface area is 131 Å². The minimum Gasteiger partial charge on any atom is -0.329 e. The van der Waals surface area contributed by atoms with Crippen molar-refractivity contribution in [3.8, 4) is 0 Å². The molecule has 0 spiro atoms. The summed E-state index contributed by atoms with van der Waals surface area (Å²) < 4.78 is 16.7. The van der Waals surface area contributed by atoms with Gasteiger partial charge in [0.1, 0.15) is 5.54 Å². The molecule has 0 aromatic carbocycles. The molecule has 128 valence electrons. The van der Waals surface area contributed by atoms with E-state index in [0.29, 0.717) is 5.92 Å². The van der Waals surface area contributed by atoms with Gasteiger partial charge in [0.05, 0.1) is 0 Å². The van der Waals surface area contributed by atoms with Gasteiger partial charge in [-0.2, -0.15) is 0 Å². The van der Waals surface area contributed by atoms with E-state index in [1.54, 1.807) is 21.3 Å². The first-order valence-corrected chi connectivity index (χ1v) is 8.46.